The highest BCUT2D eigenvalue weighted by atomic mass is 19.1. The summed E-state index contributed by atoms with van der Waals surface area (Å²) in [6.45, 7) is 10.3. The summed E-state index contributed by atoms with van der Waals surface area (Å²) in [6, 6.07) is 6.85. The van der Waals surface area contributed by atoms with Crippen LogP contribution in [0.25, 0.3) is 0 Å². The van der Waals surface area contributed by atoms with Gasteiger partial charge in [0.25, 0.3) is 0 Å². The van der Waals surface area contributed by atoms with Crippen molar-refractivity contribution in [3.8, 4) is 0 Å². The first kappa shape index (κ1) is 15.5. The molecule has 0 aliphatic carbocycles. The molecule has 0 aromatic heterocycles. The van der Waals surface area contributed by atoms with Crippen molar-refractivity contribution in [1.29, 1.82) is 0 Å². The first-order valence-corrected chi connectivity index (χ1v) is 7.36. The highest BCUT2D eigenvalue weighted by Gasteiger charge is 2.54. The van der Waals surface area contributed by atoms with E-state index in [1.807, 2.05) is 13.0 Å². The second kappa shape index (κ2) is 4.81. The Balaban J connectivity index is 2.49. The summed E-state index contributed by atoms with van der Waals surface area (Å²) >= 11 is 0. The molecule has 3 heteroatoms. The van der Waals surface area contributed by atoms with Crippen LogP contribution in [0.1, 0.15) is 53.0 Å². The largest absolute Gasteiger partial charge is 0.369 e. The van der Waals surface area contributed by atoms with Gasteiger partial charge in [-0.1, -0.05) is 25.1 Å². The molecule has 1 aliphatic rings. The number of halogens is 1. The molecule has 1 aromatic carbocycles. The van der Waals surface area contributed by atoms with E-state index in [0.717, 1.165) is 6.42 Å². The first-order chi connectivity index (χ1) is 9.12. The smallest absolute Gasteiger partial charge is 0.128 e. The van der Waals surface area contributed by atoms with E-state index in [0.29, 0.717) is 12.0 Å². The molecule has 1 aromatic rings. The quantitative estimate of drug-likeness (QED) is 0.908. The summed E-state index contributed by atoms with van der Waals surface area (Å²) in [5.74, 6) is -0.149. The summed E-state index contributed by atoms with van der Waals surface area (Å²) < 4.78 is 20.4. The fraction of sp³-hybridized carbons (Fsp3) is 0.647. The average molecular weight is 279 g/mol. The maximum absolute atomic E-state index is 14.2. The van der Waals surface area contributed by atoms with Crippen molar-refractivity contribution in [1.82, 2.24) is 0 Å². The van der Waals surface area contributed by atoms with Crippen LogP contribution < -0.4 is 5.73 Å². The van der Waals surface area contributed by atoms with Crippen molar-refractivity contribution in [3.05, 3.63) is 35.6 Å². The number of nitrogens with two attached hydrogens (primary N) is 1. The number of benzene rings is 1. The Kier molecular flexibility index (Phi) is 3.72. The third kappa shape index (κ3) is 2.49. The highest BCUT2D eigenvalue weighted by Crippen LogP contribution is 2.50. The van der Waals surface area contributed by atoms with E-state index >= 15 is 0 Å². The van der Waals surface area contributed by atoms with Gasteiger partial charge in [-0.3, -0.25) is 0 Å². The monoisotopic (exact) mass is 279 g/mol. The molecular weight excluding hydrogens is 253 g/mol. The van der Waals surface area contributed by atoms with Crippen molar-refractivity contribution >= 4 is 0 Å². The maximum atomic E-state index is 14.2. The molecule has 0 bridgehead atoms. The minimum atomic E-state index is -0.706. The van der Waals surface area contributed by atoms with Crippen LogP contribution in [0.4, 0.5) is 4.39 Å². The van der Waals surface area contributed by atoms with Gasteiger partial charge in [0.05, 0.1) is 11.2 Å². The number of hydrogen-bond acceptors (Lipinski definition) is 2. The molecule has 1 aliphatic heterocycles. The summed E-state index contributed by atoms with van der Waals surface area (Å²) in [7, 11) is 0. The van der Waals surface area contributed by atoms with Crippen molar-refractivity contribution in [2.24, 2.45) is 11.7 Å². The zero-order valence-electron chi connectivity index (χ0n) is 13.2. The number of rotatable bonds is 3. The molecular formula is C17H26FNO. The zero-order valence-corrected chi connectivity index (χ0v) is 13.2. The van der Waals surface area contributed by atoms with Gasteiger partial charge < -0.3 is 10.5 Å². The van der Waals surface area contributed by atoms with E-state index in [1.165, 1.54) is 6.07 Å². The molecule has 0 amide bonds. The van der Waals surface area contributed by atoms with Gasteiger partial charge in [-0.15, -0.1) is 0 Å². The molecule has 0 radical (unpaired) electrons. The zero-order chi connectivity index (χ0) is 15.2. The lowest BCUT2D eigenvalue weighted by atomic mass is 9.68. The van der Waals surface area contributed by atoms with Gasteiger partial charge in [-0.05, 0) is 46.6 Å². The Morgan fingerprint density at radius 2 is 1.90 bits per heavy atom. The lowest BCUT2D eigenvalue weighted by Crippen LogP contribution is -2.51. The molecule has 0 spiro atoms. The minimum absolute atomic E-state index is 0.0758. The van der Waals surface area contributed by atoms with Crippen molar-refractivity contribution < 1.29 is 9.13 Å². The minimum Gasteiger partial charge on any atom is -0.369 e. The molecule has 2 rings (SSSR count). The Labute approximate surface area is 121 Å². The van der Waals surface area contributed by atoms with Gasteiger partial charge in [0.15, 0.2) is 0 Å². The summed E-state index contributed by atoms with van der Waals surface area (Å²) in [5.41, 5.74) is 6.01. The van der Waals surface area contributed by atoms with Crippen molar-refractivity contribution in [2.45, 2.75) is 64.2 Å². The molecule has 2 atom stereocenters. The fourth-order valence-electron chi connectivity index (χ4n) is 3.83. The summed E-state index contributed by atoms with van der Waals surface area (Å²) in [5, 5.41) is 0. The molecule has 20 heavy (non-hydrogen) atoms. The van der Waals surface area contributed by atoms with Gasteiger partial charge >= 0.3 is 0 Å². The SMILES string of the molecule is CCC(N)(c1ccccc1F)C1CC(C)(C)OC1(C)C. The molecule has 2 unspecified atom stereocenters. The Bertz CT molecular complexity index is 498. The van der Waals surface area contributed by atoms with E-state index in [4.69, 9.17) is 10.5 Å². The maximum Gasteiger partial charge on any atom is 0.128 e. The molecule has 2 N–H and O–H groups in total. The molecule has 1 fully saturated rings. The van der Waals surface area contributed by atoms with Gasteiger partial charge in [-0.25, -0.2) is 4.39 Å². The van der Waals surface area contributed by atoms with Crippen LogP contribution in [0.5, 0.6) is 0 Å². The van der Waals surface area contributed by atoms with Crippen LogP contribution in [0, 0.1) is 11.7 Å². The average Bonchev–Trinajstić information content (AvgIpc) is 2.57. The molecule has 1 saturated heterocycles. The summed E-state index contributed by atoms with van der Waals surface area (Å²) in [6.07, 6.45) is 1.51. The number of hydrogen-bond donors (Lipinski definition) is 1. The summed E-state index contributed by atoms with van der Waals surface area (Å²) in [4.78, 5) is 0. The van der Waals surface area contributed by atoms with Crippen LogP contribution in [-0.4, -0.2) is 11.2 Å². The van der Waals surface area contributed by atoms with Crippen LogP contribution in [-0.2, 0) is 10.3 Å². The topological polar surface area (TPSA) is 35.2 Å². The fourth-order valence-corrected chi connectivity index (χ4v) is 3.83. The molecule has 112 valence electrons. The van der Waals surface area contributed by atoms with Gasteiger partial charge in [0.2, 0.25) is 0 Å². The predicted octanol–water partition coefficient (Wildman–Crippen LogP) is 3.98. The molecule has 1 heterocycles. The van der Waals surface area contributed by atoms with Crippen molar-refractivity contribution in [2.75, 3.05) is 0 Å². The lowest BCUT2D eigenvalue weighted by molar-refractivity contribution is -0.0828. The lowest BCUT2D eigenvalue weighted by Gasteiger charge is -2.41. The Morgan fingerprint density at radius 3 is 2.35 bits per heavy atom. The molecule has 2 nitrogen and oxygen atoms in total. The third-order valence-electron chi connectivity index (χ3n) is 4.66. The third-order valence-corrected chi connectivity index (χ3v) is 4.66. The van der Waals surface area contributed by atoms with Crippen molar-refractivity contribution in [3.63, 3.8) is 0 Å². The van der Waals surface area contributed by atoms with E-state index in [2.05, 4.69) is 27.7 Å². The number of ether oxygens (including phenoxy) is 1. The molecule has 0 saturated carbocycles. The highest BCUT2D eigenvalue weighted by molar-refractivity contribution is 5.29. The Morgan fingerprint density at radius 1 is 1.30 bits per heavy atom. The van der Waals surface area contributed by atoms with Crippen LogP contribution in [0.3, 0.4) is 0 Å². The van der Waals surface area contributed by atoms with E-state index in [1.54, 1.807) is 12.1 Å². The van der Waals surface area contributed by atoms with E-state index in [9.17, 15) is 4.39 Å². The van der Waals surface area contributed by atoms with Gasteiger partial charge in [-0.2, -0.15) is 0 Å². The van der Waals surface area contributed by atoms with Gasteiger partial charge in [0.1, 0.15) is 5.82 Å². The van der Waals surface area contributed by atoms with Gasteiger partial charge in [0, 0.05) is 17.0 Å². The second-order valence-corrected chi connectivity index (χ2v) is 7.10. The van der Waals surface area contributed by atoms with E-state index < -0.39 is 5.54 Å². The van der Waals surface area contributed by atoms with Crippen LogP contribution >= 0.6 is 0 Å². The predicted molar refractivity (Wildman–Crippen MR) is 79.9 cm³/mol. The second-order valence-electron chi connectivity index (χ2n) is 7.10. The van der Waals surface area contributed by atoms with E-state index in [-0.39, 0.29) is 22.9 Å². The Hall–Kier alpha value is -0.930. The normalized spacial score (nSPS) is 27.2. The standard InChI is InChI=1S/C17H26FNO/c1-6-17(19,12-9-7-8-10-13(12)18)14-11-15(2,3)20-16(14,4)5/h7-10,14H,6,11,19H2,1-5H3. The first-order valence-electron chi connectivity index (χ1n) is 7.36. The van der Waals surface area contributed by atoms with Crippen LogP contribution in [0.2, 0.25) is 0 Å². The van der Waals surface area contributed by atoms with Crippen LogP contribution in [0.15, 0.2) is 24.3 Å².